The molecule has 1 aromatic rings. The average molecular weight is 325 g/mol. The lowest BCUT2D eigenvalue weighted by Gasteiger charge is -2.34. The van der Waals surface area contributed by atoms with Gasteiger partial charge in [-0.1, -0.05) is 31.5 Å². The third kappa shape index (κ3) is 4.72. The topological polar surface area (TPSA) is 32.3 Å². The Morgan fingerprint density at radius 1 is 1.27 bits per heavy atom. The summed E-state index contributed by atoms with van der Waals surface area (Å²) in [5.41, 5.74) is 3.76. The Bertz CT molecular complexity index is 468. The van der Waals surface area contributed by atoms with Gasteiger partial charge >= 0.3 is 0 Å². The van der Waals surface area contributed by atoms with E-state index in [4.69, 9.17) is 0 Å². The minimum Gasteiger partial charge on any atom is -0.351 e. The van der Waals surface area contributed by atoms with Gasteiger partial charge in [-0.05, 0) is 62.9 Å². The Labute approximate surface area is 140 Å². The summed E-state index contributed by atoms with van der Waals surface area (Å²) in [7, 11) is 0. The molecule has 2 rings (SSSR count). The van der Waals surface area contributed by atoms with Crippen molar-refractivity contribution < 1.29 is 4.79 Å². The van der Waals surface area contributed by atoms with Gasteiger partial charge in [-0.25, -0.2) is 0 Å². The van der Waals surface area contributed by atoms with Crippen LogP contribution in [0.5, 0.6) is 0 Å². The van der Waals surface area contributed by atoms with Crippen molar-refractivity contribution in [2.24, 2.45) is 0 Å². The van der Waals surface area contributed by atoms with E-state index in [0.29, 0.717) is 6.54 Å². The largest absolute Gasteiger partial charge is 0.351 e. The molecule has 0 aliphatic carbocycles. The highest BCUT2D eigenvalue weighted by Crippen LogP contribution is 2.18. The zero-order chi connectivity index (χ0) is 15.2. The van der Waals surface area contributed by atoms with Crippen molar-refractivity contribution in [3.63, 3.8) is 0 Å². The highest BCUT2D eigenvalue weighted by molar-refractivity contribution is 5.85. The summed E-state index contributed by atoms with van der Waals surface area (Å²) in [6, 6.07) is 6.36. The lowest BCUT2D eigenvalue weighted by atomic mass is 10.00. The SMILES string of the molecule is CCCN1CCCC[C@H]1C(=O)NCc1c(C)cccc1C.Cl. The summed E-state index contributed by atoms with van der Waals surface area (Å²) in [6.07, 6.45) is 4.50. The number of nitrogens with one attached hydrogen (secondary N) is 1. The monoisotopic (exact) mass is 324 g/mol. The number of aryl methyl sites for hydroxylation is 2. The molecule has 3 nitrogen and oxygen atoms in total. The Morgan fingerprint density at radius 2 is 1.95 bits per heavy atom. The van der Waals surface area contributed by atoms with Gasteiger partial charge in [0.15, 0.2) is 0 Å². The maximum Gasteiger partial charge on any atom is 0.237 e. The molecule has 1 saturated heterocycles. The van der Waals surface area contributed by atoms with E-state index in [1.165, 1.54) is 29.5 Å². The first kappa shape index (κ1) is 19.0. The van der Waals surface area contributed by atoms with E-state index in [0.717, 1.165) is 25.9 Å². The van der Waals surface area contributed by atoms with E-state index in [-0.39, 0.29) is 24.4 Å². The van der Waals surface area contributed by atoms with Crippen LogP contribution in [0.2, 0.25) is 0 Å². The molecule has 0 spiro atoms. The lowest BCUT2D eigenvalue weighted by Crippen LogP contribution is -2.49. The van der Waals surface area contributed by atoms with E-state index >= 15 is 0 Å². The molecule has 0 radical (unpaired) electrons. The maximum atomic E-state index is 12.5. The van der Waals surface area contributed by atoms with E-state index in [1.54, 1.807) is 0 Å². The van der Waals surface area contributed by atoms with Crippen LogP contribution in [0.15, 0.2) is 18.2 Å². The first-order valence-corrected chi connectivity index (χ1v) is 8.20. The van der Waals surface area contributed by atoms with Crippen molar-refractivity contribution in [2.75, 3.05) is 13.1 Å². The third-order valence-corrected chi connectivity index (χ3v) is 4.51. The smallest absolute Gasteiger partial charge is 0.237 e. The molecule has 1 heterocycles. The second-order valence-corrected chi connectivity index (χ2v) is 6.14. The zero-order valence-electron chi connectivity index (χ0n) is 14.0. The predicted octanol–water partition coefficient (Wildman–Crippen LogP) is 3.61. The van der Waals surface area contributed by atoms with Crippen molar-refractivity contribution in [2.45, 2.75) is 59.0 Å². The highest BCUT2D eigenvalue weighted by Gasteiger charge is 2.27. The molecule has 0 aromatic heterocycles. The number of amides is 1. The number of carbonyl (C=O) groups is 1. The van der Waals surface area contributed by atoms with Gasteiger partial charge in [0.05, 0.1) is 6.04 Å². The summed E-state index contributed by atoms with van der Waals surface area (Å²) >= 11 is 0. The molecule has 22 heavy (non-hydrogen) atoms. The molecule has 0 bridgehead atoms. The quantitative estimate of drug-likeness (QED) is 0.897. The summed E-state index contributed by atoms with van der Waals surface area (Å²) in [6.45, 7) is 9.14. The van der Waals surface area contributed by atoms with Crippen LogP contribution in [0.1, 0.15) is 49.3 Å². The normalized spacial score (nSPS) is 18.6. The number of benzene rings is 1. The summed E-state index contributed by atoms with van der Waals surface area (Å²) in [5.74, 6) is 0.200. The Hall–Kier alpha value is -1.06. The van der Waals surface area contributed by atoms with E-state index in [9.17, 15) is 4.79 Å². The number of halogens is 1. The molecule has 124 valence electrons. The van der Waals surface area contributed by atoms with Crippen molar-refractivity contribution in [3.05, 3.63) is 34.9 Å². The molecule has 4 heteroatoms. The molecule has 1 atom stereocenters. The molecular weight excluding hydrogens is 296 g/mol. The van der Waals surface area contributed by atoms with Crippen LogP contribution in [-0.4, -0.2) is 29.9 Å². The minimum absolute atomic E-state index is 0. The van der Waals surface area contributed by atoms with Crippen LogP contribution in [-0.2, 0) is 11.3 Å². The fourth-order valence-corrected chi connectivity index (χ4v) is 3.26. The number of nitrogens with zero attached hydrogens (tertiary/aromatic N) is 1. The molecular formula is C18H29ClN2O. The molecule has 1 amide bonds. The fourth-order valence-electron chi connectivity index (χ4n) is 3.26. The van der Waals surface area contributed by atoms with Crippen molar-refractivity contribution in [1.29, 1.82) is 0 Å². The van der Waals surface area contributed by atoms with Crippen LogP contribution in [0.4, 0.5) is 0 Å². The Kier molecular flexibility index (Phi) is 7.91. The third-order valence-electron chi connectivity index (χ3n) is 4.51. The minimum atomic E-state index is 0. The van der Waals surface area contributed by atoms with Gasteiger partial charge in [-0.2, -0.15) is 0 Å². The number of carbonyl (C=O) groups excluding carboxylic acids is 1. The van der Waals surface area contributed by atoms with Gasteiger partial charge in [0.2, 0.25) is 5.91 Å². The number of likely N-dealkylation sites (tertiary alicyclic amines) is 1. The number of piperidine rings is 1. The van der Waals surface area contributed by atoms with Crippen LogP contribution in [0.3, 0.4) is 0 Å². The summed E-state index contributed by atoms with van der Waals surface area (Å²) in [4.78, 5) is 14.9. The number of rotatable bonds is 5. The van der Waals surface area contributed by atoms with Crippen LogP contribution in [0, 0.1) is 13.8 Å². The lowest BCUT2D eigenvalue weighted by molar-refractivity contribution is -0.127. The maximum absolute atomic E-state index is 12.5. The molecule has 1 aliphatic rings. The molecule has 1 aromatic carbocycles. The van der Waals surface area contributed by atoms with Gasteiger partial charge in [0.25, 0.3) is 0 Å². The molecule has 0 saturated carbocycles. The Balaban J connectivity index is 0.00000242. The van der Waals surface area contributed by atoms with Gasteiger partial charge in [0, 0.05) is 6.54 Å². The van der Waals surface area contributed by atoms with Gasteiger partial charge in [-0.3, -0.25) is 9.69 Å². The highest BCUT2D eigenvalue weighted by atomic mass is 35.5. The molecule has 0 unspecified atom stereocenters. The Morgan fingerprint density at radius 3 is 2.59 bits per heavy atom. The molecule has 1 fully saturated rings. The van der Waals surface area contributed by atoms with Gasteiger partial charge in [0.1, 0.15) is 0 Å². The number of hydrogen-bond donors (Lipinski definition) is 1. The predicted molar refractivity (Wildman–Crippen MR) is 94.5 cm³/mol. The van der Waals surface area contributed by atoms with Crippen LogP contribution >= 0.6 is 12.4 Å². The second-order valence-electron chi connectivity index (χ2n) is 6.14. The van der Waals surface area contributed by atoms with Gasteiger partial charge in [-0.15, -0.1) is 12.4 Å². The summed E-state index contributed by atoms with van der Waals surface area (Å²) < 4.78 is 0. The first-order valence-electron chi connectivity index (χ1n) is 8.20. The summed E-state index contributed by atoms with van der Waals surface area (Å²) in [5, 5.41) is 3.16. The van der Waals surface area contributed by atoms with E-state index in [1.807, 2.05) is 0 Å². The first-order chi connectivity index (χ1) is 10.1. The fraction of sp³-hybridized carbons (Fsp3) is 0.611. The van der Waals surface area contributed by atoms with Crippen LogP contribution in [0.25, 0.3) is 0 Å². The van der Waals surface area contributed by atoms with E-state index < -0.39 is 0 Å². The second kappa shape index (κ2) is 9.16. The number of hydrogen-bond acceptors (Lipinski definition) is 2. The standard InChI is InChI=1S/C18H28N2O.ClH/c1-4-11-20-12-6-5-10-17(20)18(21)19-13-16-14(2)8-7-9-15(16)3;/h7-9,17H,4-6,10-13H2,1-3H3,(H,19,21);1H/t17-;/m0./s1. The van der Waals surface area contributed by atoms with Crippen LogP contribution < -0.4 is 5.32 Å². The van der Waals surface area contributed by atoms with Crippen molar-refractivity contribution in [3.8, 4) is 0 Å². The van der Waals surface area contributed by atoms with Crippen molar-refractivity contribution in [1.82, 2.24) is 10.2 Å². The van der Waals surface area contributed by atoms with Crippen molar-refractivity contribution >= 4 is 18.3 Å². The average Bonchev–Trinajstić information content (AvgIpc) is 2.47. The zero-order valence-corrected chi connectivity index (χ0v) is 14.8. The molecule has 1 aliphatic heterocycles. The van der Waals surface area contributed by atoms with Gasteiger partial charge < -0.3 is 5.32 Å². The molecule has 1 N–H and O–H groups in total. The van der Waals surface area contributed by atoms with E-state index in [2.05, 4.69) is 49.2 Å².